The second-order valence-electron chi connectivity index (χ2n) is 4.89. The quantitative estimate of drug-likeness (QED) is 0.683. The van der Waals surface area contributed by atoms with Gasteiger partial charge in [-0.3, -0.25) is 0 Å². The molecule has 108 valence electrons. The Kier molecular flexibility index (Phi) is 3.20. The normalized spacial score (nSPS) is 12.0. The zero-order valence-electron chi connectivity index (χ0n) is 11.4. The van der Waals surface area contributed by atoms with E-state index in [4.69, 9.17) is 0 Å². The fourth-order valence-corrected chi connectivity index (χ4v) is 2.50. The molecular weight excluding hydrogens is 277 g/mol. The van der Waals surface area contributed by atoms with Gasteiger partial charge in [-0.25, -0.2) is 4.98 Å². The highest BCUT2D eigenvalue weighted by atomic mass is 19.4. The highest BCUT2D eigenvalue weighted by molar-refractivity contribution is 5.76. The largest absolute Gasteiger partial charge is 0.416 e. The van der Waals surface area contributed by atoms with Gasteiger partial charge in [0.1, 0.15) is 5.82 Å². The van der Waals surface area contributed by atoms with Crippen LogP contribution in [0.15, 0.2) is 48.5 Å². The molecule has 0 aliphatic carbocycles. The second kappa shape index (κ2) is 4.91. The number of halogens is 3. The van der Waals surface area contributed by atoms with Gasteiger partial charge in [-0.2, -0.15) is 13.2 Å². The van der Waals surface area contributed by atoms with Crippen molar-refractivity contribution >= 4 is 11.0 Å². The summed E-state index contributed by atoms with van der Waals surface area (Å²) in [6.45, 7) is 1.96. The maximum absolute atomic E-state index is 13.1. The molecule has 3 rings (SSSR count). The summed E-state index contributed by atoms with van der Waals surface area (Å²) >= 11 is 0. The Hall–Kier alpha value is -2.30. The standard InChI is InChI=1S/C16H13F3N2/c1-11-20-14-8-4-5-9-15(14)21(11)10-12-6-2-3-7-13(12)16(17,18)19/h2-9H,10H2,1H3. The van der Waals surface area contributed by atoms with E-state index in [-0.39, 0.29) is 12.1 Å². The summed E-state index contributed by atoms with van der Waals surface area (Å²) in [5, 5.41) is 0. The van der Waals surface area contributed by atoms with E-state index in [2.05, 4.69) is 4.98 Å². The molecule has 0 amide bonds. The summed E-state index contributed by atoms with van der Waals surface area (Å²) in [4.78, 5) is 4.38. The van der Waals surface area contributed by atoms with Gasteiger partial charge in [0.05, 0.1) is 16.6 Å². The number of alkyl halides is 3. The van der Waals surface area contributed by atoms with Crippen LogP contribution in [-0.4, -0.2) is 9.55 Å². The molecule has 0 saturated carbocycles. The van der Waals surface area contributed by atoms with E-state index in [1.807, 2.05) is 24.3 Å². The first-order chi connectivity index (χ1) is 9.97. The van der Waals surface area contributed by atoms with Gasteiger partial charge >= 0.3 is 6.18 Å². The number of fused-ring (bicyclic) bond motifs is 1. The molecule has 1 aromatic heterocycles. The number of para-hydroxylation sites is 2. The molecule has 3 aromatic rings. The molecule has 0 fully saturated rings. The smallest absolute Gasteiger partial charge is 0.324 e. The summed E-state index contributed by atoms with van der Waals surface area (Å²) in [6.07, 6.45) is -4.35. The van der Waals surface area contributed by atoms with E-state index >= 15 is 0 Å². The van der Waals surface area contributed by atoms with Crippen LogP contribution in [0.5, 0.6) is 0 Å². The van der Waals surface area contributed by atoms with Crippen LogP contribution in [0.1, 0.15) is 17.0 Å². The third-order valence-electron chi connectivity index (χ3n) is 3.50. The van der Waals surface area contributed by atoms with E-state index in [0.717, 1.165) is 17.1 Å². The van der Waals surface area contributed by atoms with E-state index in [1.54, 1.807) is 17.6 Å². The summed E-state index contributed by atoms with van der Waals surface area (Å²) in [5.41, 5.74) is 1.28. The van der Waals surface area contributed by atoms with Crippen molar-refractivity contribution in [2.24, 2.45) is 0 Å². The monoisotopic (exact) mass is 290 g/mol. The van der Waals surface area contributed by atoms with Crippen molar-refractivity contribution in [3.8, 4) is 0 Å². The van der Waals surface area contributed by atoms with Crippen LogP contribution in [0.25, 0.3) is 11.0 Å². The zero-order valence-corrected chi connectivity index (χ0v) is 11.4. The number of hydrogen-bond donors (Lipinski definition) is 0. The second-order valence-corrected chi connectivity index (χ2v) is 4.89. The van der Waals surface area contributed by atoms with Crippen LogP contribution in [0.3, 0.4) is 0 Å². The molecule has 5 heteroatoms. The maximum atomic E-state index is 13.1. The first kappa shape index (κ1) is 13.7. The Bertz CT molecular complexity index is 788. The Balaban J connectivity index is 2.10. The summed E-state index contributed by atoms with van der Waals surface area (Å²) in [6, 6.07) is 13.1. The lowest BCUT2D eigenvalue weighted by Gasteiger charge is -2.14. The first-order valence-electron chi connectivity index (χ1n) is 6.54. The van der Waals surface area contributed by atoms with Crippen molar-refractivity contribution in [3.05, 3.63) is 65.5 Å². The Labute approximate surface area is 119 Å². The average Bonchev–Trinajstić information content (AvgIpc) is 2.75. The maximum Gasteiger partial charge on any atom is 0.416 e. The minimum absolute atomic E-state index is 0.155. The minimum Gasteiger partial charge on any atom is -0.324 e. The number of nitrogens with zero attached hydrogens (tertiary/aromatic N) is 2. The Morgan fingerprint density at radius 3 is 2.43 bits per heavy atom. The van der Waals surface area contributed by atoms with Crippen LogP contribution >= 0.6 is 0 Å². The molecule has 0 unspecified atom stereocenters. The fraction of sp³-hybridized carbons (Fsp3) is 0.188. The van der Waals surface area contributed by atoms with Gasteiger partial charge in [-0.15, -0.1) is 0 Å². The molecule has 1 heterocycles. The van der Waals surface area contributed by atoms with Crippen molar-refractivity contribution in [1.29, 1.82) is 0 Å². The molecule has 0 radical (unpaired) electrons. The number of benzene rings is 2. The van der Waals surface area contributed by atoms with Gasteiger partial charge in [0.15, 0.2) is 0 Å². The highest BCUT2D eigenvalue weighted by Crippen LogP contribution is 2.32. The van der Waals surface area contributed by atoms with Crippen molar-refractivity contribution in [3.63, 3.8) is 0 Å². The predicted octanol–water partition coefficient (Wildman–Crippen LogP) is 4.41. The van der Waals surface area contributed by atoms with Gasteiger partial charge in [0.25, 0.3) is 0 Å². The molecular formula is C16H13F3N2. The van der Waals surface area contributed by atoms with Crippen LogP contribution in [0.4, 0.5) is 13.2 Å². The van der Waals surface area contributed by atoms with Crippen molar-refractivity contribution < 1.29 is 13.2 Å². The third-order valence-corrected chi connectivity index (χ3v) is 3.50. The zero-order chi connectivity index (χ0) is 15.0. The van der Waals surface area contributed by atoms with Gasteiger partial charge in [0, 0.05) is 6.54 Å². The number of aryl methyl sites for hydroxylation is 1. The summed E-state index contributed by atoms with van der Waals surface area (Å²) < 4.78 is 41.0. The Morgan fingerprint density at radius 1 is 1.00 bits per heavy atom. The van der Waals surface area contributed by atoms with E-state index < -0.39 is 11.7 Å². The highest BCUT2D eigenvalue weighted by Gasteiger charge is 2.33. The Morgan fingerprint density at radius 2 is 1.67 bits per heavy atom. The summed E-state index contributed by atoms with van der Waals surface area (Å²) in [7, 11) is 0. The lowest BCUT2D eigenvalue weighted by atomic mass is 10.1. The SMILES string of the molecule is Cc1nc2ccccc2n1Cc1ccccc1C(F)(F)F. The lowest BCUT2D eigenvalue weighted by molar-refractivity contribution is -0.138. The number of imidazole rings is 1. The molecule has 0 aliphatic heterocycles. The van der Waals surface area contributed by atoms with Crippen molar-refractivity contribution in [1.82, 2.24) is 9.55 Å². The topological polar surface area (TPSA) is 17.8 Å². The molecule has 0 N–H and O–H groups in total. The molecule has 0 aliphatic rings. The lowest BCUT2D eigenvalue weighted by Crippen LogP contribution is -2.12. The van der Waals surface area contributed by atoms with Crippen LogP contribution < -0.4 is 0 Å². The van der Waals surface area contributed by atoms with Crippen LogP contribution in [0.2, 0.25) is 0 Å². The number of rotatable bonds is 2. The van der Waals surface area contributed by atoms with Gasteiger partial charge in [-0.05, 0) is 30.7 Å². The average molecular weight is 290 g/mol. The van der Waals surface area contributed by atoms with Gasteiger partial charge in [-0.1, -0.05) is 30.3 Å². The number of hydrogen-bond acceptors (Lipinski definition) is 1. The summed E-state index contributed by atoms with van der Waals surface area (Å²) in [5.74, 6) is 0.702. The first-order valence-corrected chi connectivity index (χ1v) is 6.54. The molecule has 0 spiro atoms. The molecule has 2 nitrogen and oxygen atoms in total. The fourth-order valence-electron chi connectivity index (χ4n) is 2.50. The van der Waals surface area contributed by atoms with Crippen molar-refractivity contribution in [2.45, 2.75) is 19.6 Å². The van der Waals surface area contributed by atoms with Crippen molar-refractivity contribution in [2.75, 3.05) is 0 Å². The van der Waals surface area contributed by atoms with E-state index in [0.29, 0.717) is 5.82 Å². The molecule has 0 atom stereocenters. The minimum atomic E-state index is -4.35. The van der Waals surface area contributed by atoms with Crippen LogP contribution in [0, 0.1) is 6.92 Å². The van der Waals surface area contributed by atoms with E-state index in [1.165, 1.54) is 12.1 Å². The number of aromatic nitrogens is 2. The molecule has 21 heavy (non-hydrogen) atoms. The molecule has 0 bridgehead atoms. The third kappa shape index (κ3) is 2.51. The molecule has 2 aromatic carbocycles. The molecule has 0 saturated heterocycles. The van der Waals surface area contributed by atoms with Gasteiger partial charge < -0.3 is 4.57 Å². The van der Waals surface area contributed by atoms with E-state index in [9.17, 15) is 13.2 Å². The predicted molar refractivity (Wildman–Crippen MR) is 75.0 cm³/mol. The van der Waals surface area contributed by atoms with Gasteiger partial charge in [0.2, 0.25) is 0 Å². The van der Waals surface area contributed by atoms with Crippen LogP contribution in [-0.2, 0) is 12.7 Å².